The quantitative estimate of drug-likeness (QED) is 0.444. The molecule has 0 bridgehead atoms. The van der Waals surface area contributed by atoms with Crippen LogP contribution in [0.5, 0.6) is 0 Å². The van der Waals surface area contributed by atoms with Gasteiger partial charge in [0.05, 0.1) is 17.4 Å². The fourth-order valence-corrected chi connectivity index (χ4v) is 4.33. The summed E-state index contributed by atoms with van der Waals surface area (Å²) in [4.78, 5) is 28.7. The van der Waals surface area contributed by atoms with E-state index < -0.39 is 11.6 Å². The lowest BCUT2D eigenvalue weighted by Gasteiger charge is -2.31. The van der Waals surface area contributed by atoms with Gasteiger partial charge in [0.25, 0.3) is 5.91 Å². The van der Waals surface area contributed by atoms with Gasteiger partial charge in [-0.1, -0.05) is 42.5 Å². The van der Waals surface area contributed by atoms with Crippen LogP contribution < -0.4 is 10.2 Å². The number of amides is 1. The van der Waals surface area contributed by atoms with Crippen molar-refractivity contribution in [1.82, 2.24) is 0 Å². The third-order valence-electron chi connectivity index (χ3n) is 6.29. The van der Waals surface area contributed by atoms with Crippen LogP contribution in [0.3, 0.4) is 0 Å². The van der Waals surface area contributed by atoms with E-state index in [9.17, 15) is 14.7 Å². The summed E-state index contributed by atoms with van der Waals surface area (Å²) in [5, 5.41) is 12.8. The zero-order valence-electron chi connectivity index (χ0n) is 21.4. The van der Waals surface area contributed by atoms with Crippen LogP contribution in [0, 0.1) is 6.92 Å². The Bertz CT molecular complexity index is 1240. The lowest BCUT2D eigenvalue weighted by molar-refractivity contribution is 0.00707. The van der Waals surface area contributed by atoms with Gasteiger partial charge in [0.2, 0.25) is 0 Å². The molecule has 3 aromatic rings. The molecule has 6 heteroatoms. The van der Waals surface area contributed by atoms with Crippen LogP contribution in [-0.4, -0.2) is 41.8 Å². The average Bonchev–Trinajstić information content (AvgIpc) is 2.84. The lowest BCUT2D eigenvalue weighted by atomic mass is 10.0. The number of esters is 1. The second-order valence-electron chi connectivity index (χ2n) is 10.3. The van der Waals surface area contributed by atoms with Gasteiger partial charge in [-0.25, -0.2) is 4.79 Å². The second kappa shape index (κ2) is 10.5. The van der Waals surface area contributed by atoms with E-state index in [0.29, 0.717) is 29.7 Å². The van der Waals surface area contributed by atoms with Crippen molar-refractivity contribution < 1.29 is 19.4 Å². The highest BCUT2D eigenvalue weighted by molar-refractivity contribution is 6.09. The Labute approximate surface area is 212 Å². The van der Waals surface area contributed by atoms with Crippen molar-refractivity contribution in [2.75, 3.05) is 23.3 Å². The number of aryl methyl sites for hydroxylation is 1. The van der Waals surface area contributed by atoms with Crippen molar-refractivity contribution in [3.63, 3.8) is 0 Å². The minimum absolute atomic E-state index is 0.266. The molecule has 3 aromatic carbocycles. The zero-order chi connectivity index (χ0) is 25.9. The van der Waals surface area contributed by atoms with Gasteiger partial charge in [-0.15, -0.1) is 0 Å². The maximum absolute atomic E-state index is 13.5. The average molecular weight is 487 g/mol. The van der Waals surface area contributed by atoms with Crippen LogP contribution >= 0.6 is 0 Å². The lowest BCUT2D eigenvalue weighted by Crippen LogP contribution is -2.35. The Morgan fingerprint density at radius 1 is 0.917 bits per heavy atom. The van der Waals surface area contributed by atoms with Crippen molar-refractivity contribution in [3.05, 3.63) is 83.4 Å². The van der Waals surface area contributed by atoms with Crippen LogP contribution in [0.15, 0.2) is 66.7 Å². The predicted molar refractivity (Wildman–Crippen MR) is 144 cm³/mol. The number of rotatable bonds is 5. The molecular weight excluding hydrogens is 452 g/mol. The maximum atomic E-state index is 13.5. The van der Waals surface area contributed by atoms with Crippen molar-refractivity contribution in [2.24, 2.45) is 0 Å². The van der Waals surface area contributed by atoms with Crippen LogP contribution in [0.2, 0.25) is 0 Å². The third-order valence-corrected chi connectivity index (χ3v) is 6.29. The van der Waals surface area contributed by atoms with Crippen LogP contribution in [0.25, 0.3) is 11.1 Å². The van der Waals surface area contributed by atoms with Gasteiger partial charge in [-0.3, -0.25) is 4.79 Å². The van der Waals surface area contributed by atoms with E-state index in [1.807, 2.05) is 88.4 Å². The number of anilines is 2. The van der Waals surface area contributed by atoms with Crippen molar-refractivity contribution in [2.45, 2.75) is 52.2 Å². The van der Waals surface area contributed by atoms with Crippen molar-refractivity contribution >= 4 is 23.3 Å². The molecule has 6 nitrogen and oxygen atoms in total. The van der Waals surface area contributed by atoms with Crippen LogP contribution in [0.1, 0.15) is 59.9 Å². The fraction of sp³-hybridized carbons (Fsp3) is 0.333. The van der Waals surface area contributed by atoms with Gasteiger partial charge in [0.15, 0.2) is 0 Å². The van der Waals surface area contributed by atoms with Gasteiger partial charge in [0, 0.05) is 24.3 Å². The molecule has 0 saturated carbocycles. The third kappa shape index (κ3) is 6.13. The number of aliphatic hydroxyl groups excluding tert-OH is 1. The number of hydrogen-bond donors (Lipinski definition) is 2. The summed E-state index contributed by atoms with van der Waals surface area (Å²) in [7, 11) is 0. The number of nitrogens with zero attached hydrogens (tertiary/aromatic N) is 1. The number of benzene rings is 3. The van der Waals surface area contributed by atoms with Gasteiger partial charge >= 0.3 is 5.97 Å². The van der Waals surface area contributed by atoms with Crippen molar-refractivity contribution in [3.8, 4) is 11.1 Å². The number of aliphatic hydroxyl groups is 1. The van der Waals surface area contributed by atoms with Crippen LogP contribution in [-0.2, 0) is 4.74 Å². The molecule has 1 heterocycles. The minimum Gasteiger partial charge on any atom is -0.456 e. The Morgan fingerprint density at radius 2 is 1.61 bits per heavy atom. The normalized spacial score (nSPS) is 14.4. The highest BCUT2D eigenvalue weighted by Gasteiger charge is 2.23. The number of carbonyl (C=O) groups excluding carboxylic acids is 2. The maximum Gasteiger partial charge on any atom is 0.340 e. The monoisotopic (exact) mass is 486 g/mol. The van der Waals surface area contributed by atoms with E-state index in [2.05, 4.69) is 10.2 Å². The summed E-state index contributed by atoms with van der Waals surface area (Å²) in [6.45, 7) is 8.83. The molecule has 0 atom stereocenters. The molecule has 0 aromatic heterocycles. The SMILES string of the molecule is Cc1ccc(N2CCC(O)CC2)cc1C(=O)Nc1cc(-c2ccccc2)ccc1C(=O)OC(C)(C)C. The molecule has 1 fully saturated rings. The molecule has 0 spiro atoms. The topological polar surface area (TPSA) is 78.9 Å². The van der Waals surface area contributed by atoms with Crippen LogP contribution in [0.4, 0.5) is 11.4 Å². The summed E-state index contributed by atoms with van der Waals surface area (Å²) in [5.74, 6) is -0.781. The zero-order valence-corrected chi connectivity index (χ0v) is 21.4. The smallest absolute Gasteiger partial charge is 0.340 e. The van der Waals surface area contributed by atoms with Crippen molar-refractivity contribution in [1.29, 1.82) is 0 Å². The first-order valence-corrected chi connectivity index (χ1v) is 12.4. The summed E-state index contributed by atoms with van der Waals surface area (Å²) >= 11 is 0. The largest absolute Gasteiger partial charge is 0.456 e. The molecule has 2 N–H and O–H groups in total. The number of ether oxygens (including phenoxy) is 1. The van der Waals surface area contributed by atoms with E-state index in [1.54, 1.807) is 6.07 Å². The predicted octanol–water partition coefficient (Wildman–Crippen LogP) is 5.83. The summed E-state index contributed by atoms with van der Waals surface area (Å²) in [6.07, 6.45) is 1.15. The number of nitrogens with one attached hydrogen (secondary N) is 1. The Hall–Kier alpha value is -3.64. The molecule has 1 aliphatic heterocycles. The first-order chi connectivity index (χ1) is 17.1. The van der Waals surface area contributed by atoms with Gasteiger partial charge < -0.3 is 20.1 Å². The number of carbonyl (C=O) groups is 2. The molecule has 0 aliphatic carbocycles. The number of hydrogen-bond acceptors (Lipinski definition) is 5. The molecule has 1 saturated heterocycles. The fourth-order valence-electron chi connectivity index (χ4n) is 4.33. The van der Waals surface area contributed by atoms with E-state index in [1.165, 1.54) is 0 Å². The molecule has 1 amide bonds. The first kappa shape index (κ1) is 25.5. The van der Waals surface area contributed by atoms with E-state index >= 15 is 0 Å². The summed E-state index contributed by atoms with van der Waals surface area (Å²) in [5.41, 5.74) is 4.24. The molecule has 1 aliphatic rings. The highest BCUT2D eigenvalue weighted by atomic mass is 16.6. The molecule has 36 heavy (non-hydrogen) atoms. The number of piperidine rings is 1. The van der Waals surface area contributed by atoms with Gasteiger partial charge in [0.1, 0.15) is 5.60 Å². The molecule has 4 rings (SSSR count). The second-order valence-corrected chi connectivity index (χ2v) is 10.3. The van der Waals surface area contributed by atoms with Gasteiger partial charge in [-0.2, -0.15) is 0 Å². The highest BCUT2D eigenvalue weighted by Crippen LogP contribution is 2.29. The van der Waals surface area contributed by atoms with E-state index in [-0.39, 0.29) is 12.0 Å². The summed E-state index contributed by atoms with van der Waals surface area (Å²) < 4.78 is 5.61. The molecule has 188 valence electrons. The molecule has 0 unspecified atom stereocenters. The Kier molecular flexibility index (Phi) is 7.45. The van der Waals surface area contributed by atoms with Gasteiger partial charge in [-0.05, 0) is 81.5 Å². The Balaban J connectivity index is 1.66. The standard InChI is InChI=1S/C30H34N2O4/c1-20-10-12-23(32-16-14-24(33)15-17-32)19-26(20)28(34)31-27-18-22(21-8-6-5-7-9-21)11-13-25(27)29(35)36-30(2,3)4/h5-13,18-19,24,33H,14-17H2,1-4H3,(H,31,34). The summed E-state index contributed by atoms with van der Waals surface area (Å²) in [6, 6.07) is 21.0. The minimum atomic E-state index is -0.663. The Morgan fingerprint density at radius 3 is 2.28 bits per heavy atom. The first-order valence-electron chi connectivity index (χ1n) is 12.4. The molecular formula is C30H34N2O4. The van der Waals surface area contributed by atoms with E-state index in [4.69, 9.17) is 4.74 Å². The molecule has 0 radical (unpaired) electrons. The van der Waals surface area contributed by atoms with E-state index in [0.717, 1.165) is 35.5 Å².